The maximum Gasteiger partial charge on any atom is 0.188 e. The van der Waals surface area contributed by atoms with Crippen LogP contribution in [0.4, 0.5) is 10.8 Å². The van der Waals surface area contributed by atoms with Gasteiger partial charge in [-0.15, -0.1) is 0 Å². The normalized spacial score (nSPS) is 10.9. The molecule has 96 valence electrons. The van der Waals surface area contributed by atoms with E-state index in [0.717, 1.165) is 26.6 Å². The van der Waals surface area contributed by atoms with Gasteiger partial charge in [0.1, 0.15) is 0 Å². The van der Waals surface area contributed by atoms with Gasteiger partial charge in [0.15, 0.2) is 5.13 Å². The van der Waals surface area contributed by atoms with Crippen molar-refractivity contribution in [1.82, 2.24) is 4.98 Å². The van der Waals surface area contributed by atoms with Crippen molar-refractivity contribution >= 4 is 55.6 Å². The zero-order valence-corrected chi connectivity index (χ0v) is 12.4. The number of nitrogens with zero attached hydrogens (tertiary/aromatic N) is 1. The number of aromatic nitrogens is 1. The van der Waals surface area contributed by atoms with E-state index in [1.165, 1.54) is 0 Å². The van der Waals surface area contributed by atoms with E-state index in [1.807, 2.05) is 43.3 Å². The van der Waals surface area contributed by atoms with Gasteiger partial charge in [-0.2, -0.15) is 0 Å². The summed E-state index contributed by atoms with van der Waals surface area (Å²) in [5, 5.41) is 5.36. The van der Waals surface area contributed by atoms with E-state index in [4.69, 9.17) is 23.2 Å². The minimum atomic E-state index is 0.640. The Morgan fingerprint density at radius 3 is 2.68 bits per heavy atom. The fourth-order valence-corrected chi connectivity index (χ4v) is 3.09. The molecule has 0 saturated carbocycles. The van der Waals surface area contributed by atoms with Crippen LogP contribution in [0.25, 0.3) is 10.2 Å². The number of thiazole rings is 1. The van der Waals surface area contributed by atoms with Gasteiger partial charge in [0.05, 0.1) is 20.9 Å². The Bertz CT molecular complexity index is 719. The number of hydrogen-bond donors (Lipinski definition) is 1. The molecule has 0 amide bonds. The number of rotatable bonds is 2. The van der Waals surface area contributed by atoms with Crippen molar-refractivity contribution in [2.45, 2.75) is 6.92 Å². The van der Waals surface area contributed by atoms with E-state index in [9.17, 15) is 0 Å². The molecule has 0 bridgehead atoms. The van der Waals surface area contributed by atoms with Gasteiger partial charge in [0.25, 0.3) is 0 Å². The average molecular weight is 309 g/mol. The summed E-state index contributed by atoms with van der Waals surface area (Å²) >= 11 is 13.9. The number of halogens is 2. The second-order valence-electron chi connectivity index (χ2n) is 4.19. The maximum absolute atomic E-state index is 6.21. The number of nitrogens with one attached hydrogen (secondary N) is 1. The van der Waals surface area contributed by atoms with Crippen LogP contribution in [0.2, 0.25) is 10.0 Å². The molecule has 3 rings (SSSR count). The standard InChI is InChI=1S/C14H10Cl2N2S/c1-8-6-10(16)12(7-9(8)15)18-14-17-11-4-2-3-5-13(11)19-14/h2-7H,1H3,(H,17,18). The second kappa shape index (κ2) is 5.00. The fourth-order valence-electron chi connectivity index (χ4n) is 1.78. The fraction of sp³-hybridized carbons (Fsp3) is 0.0714. The van der Waals surface area contributed by atoms with Crippen molar-refractivity contribution in [3.8, 4) is 0 Å². The van der Waals surface area contributed by atoms with Gasteiger partial charge in [-0.05, 0) is 36.8 Å². The topological polar surface area (TPSA) is 24.9 Å². The summed E-state index contributed by atoms with van der Waals surface area (Å²) in [6.07, 6.45) is 0. The van der Waals surface area contributed by atoms with Crippen LogP contribution < -0.4 is 5.32 Å². The Kier molecular flexibility index (Phi) is 3.35. The molecule has 0 radical (unpaired) electrons. The van der Waals surface area contributed by atoms with Crippen LogP contribution >= 0.6 is 34.5 Å². The van der Waals surface area contributed by atoms with E-state index in [-0.39, 0.29) is 0 Å². The molecule has 0 spiro atoms. The van der Waals surface area contributed by atoms with Crippen LogP contribution in [-0.4, -0.2) is 4.98 Å². The summed E-state index contributed by atoms with van der Waals surface area (Å²) < 4.78 is 1.14. The average Bonchev–Trinajstić information content (AvgIpc) is 2.78. The first-order valence-electron chi connectivity index (χ1n) is 5.72. The summed E-state index contributed by atoms with van der Waals surface area (Å²) in [6, 6.07) is 11.7. The number of para-hydroxylation sites is 1. The predicted octanol–water partition coefficient (Wildman–Crippen LogP) is 5.66. The molecule has 2 nitrogen and oxygen atoms in total. The molecule has 1 aromatic heterocycles. The van der Waals surface area contributed by atoms with Crippen LogP contribution in [0.5, 0.6) is 0 Å². The highest BCUT2D eigenvalue weighted by molar-refractivity contribution is 7.22. The number of anilines is 2. The zero-order chi connectivity index (χ0) is 13.4. The minimum absolute atomic E-state index is 0.640. The zero-order valence-electron chi connectivity index (χ0n) is 10.1. The number of benzene rings is 2. The van der Waals surface area contributed by atoms with Crippen molar-refractivity contribution in [1.29, 1.82) is 0 Å². The van der Waals surface area contributed by atoms with Crippen LogP contribution in [0.1, 0.15) is 5.56 Å². The summed E-state index contributed by atoms with van der Waals surface area (Å²) in [4.78, 5) is 4.51. The molecule has 0 aliphatic rings. The lowest BCUT2D eigenvalue weighted by molar-refractivity contribution is 1.42. The van der Waals surface area contributed by atoms with Crippen LogP contribution in [-0.2, 0) is 0 Å². The number of hydrogen-bond acceptors (Lipinski definition) is 3. The molecule has 1 N–H and O–H groups in total. The summed E-state index contributed by atoms with van der Waals surface area (Å²) in [7, 11) is 0. The van der Waals surface area contributed by atoms with Crippen molar-refractivity contribution in [2.75, 3.05) is 5.32 Å². The predicted molar refractivity (Wildman–Crippen MR) is 84.1 cm³/mol. The monoisotopic (exact) mass is 308 g/mol. The van der Waals surface area contributed by atoms with Gasteiger partial charge in [-0.1, -0.05) is 46.7 Å². The Hall–Kier alpha value is -1.29. The molecular formula is C14H10Cl2N2S. The van der Waals surface area contributed by atoms with E-state index >= 15 is 0 Å². The Morgan fingerprint density at radius 1 is 1.11 bits per heavy atom. The smallest absolute Gasteiger partial charge is 0.188 e. The highest BCUT2D eigenvalue weighted by atomic mass is 35.5. The van der Waals surface area contributed by atoms with Crippen LogP contribution in [0, 0.1) is 6.92 Å². The number of fused-ring (bicyclic) bond motifs is 1. The van der Waals surface area contributed by atoms with Crippen LogP contribution in [0.15, 0.2) is 36.4 Å². The van der Waals surface area contributed by atoms with Crippen molar-refractivity contribution in [3.05, 3.63) is 52.0 Å². The molecule has 0 saturated heterocycles. The SMILES string of the molecule is Cc1cc(Cl)c(Nc2nc3ccccc3s2)cc1Cl. The Balaban J connectivity index is 1.98. The van der Waals surface area contributed by atoms with Crippen molar-refractivity contribution in [3.63, 3.8) is 0 Å². The van der Waals surface area contributed by atoms with Gasteiger partial charge < -0.3 is 5.32 Å². The van der Waals surface area contributed by atoms with E-state index in [2.05, 4.69) is 10.3 Å². The molecule has 1 heterocycles. The summed E-state index contributed by atoms with van der Waals surface area (Å²) in [5.74, 6) is 0. The van der Waals surface area contributed by atoms with Gasteiger partial charge in [0, 0.05) is 5.02 Å². The second-order valence-corrected chi connectivity index (χ2v) is 6.04. The molecule has 3 aromatic rings. The first-order chi connectivity index (χ1) is 9.13. The molecule has 2 aromatic carbocycles. The molecule has 19 heavy (non-hydrogen) atoms. The largest absolute Gasteiger partial charge is 0.330 e. The van der Waals surface area contributed by atoms with Crippen molar-refractivity contribution in [2.24, 2.45) is 0 Å². The minimum Gasteiger partial charge on any atom is -0.330 e. The van der Waals surface area contributed by atoms with E-state index in [1.54, 1.807) is 11.3 Å². The molecule has 0 aliphatic heterocycles. The number of aryl methyl sites for hydroxylation is 1. The van der Waals surface area contributed by atoms with E-state index in [0.29, 0.717) is 10.0 Å². The molecule has 0 aliphatic carbocycles. The highest BCUT2D eigenvalue weighted by Gasteiger charge is 2.08. The molecule has 0 atom stereocenters. The summed E-state index contributed by atoms with van der Waals surface area (Å²) in [6.45, 7) is 1.93. The highest BCUT2D eigenvalue weighted by Crippen LogP contribution is 2.33. The lowest BCUT2D eigenvalue weighted by Crippen LogP contribution is -1.91. The first-order valence-corrected chi connectivity index (χ1v) is 7.29. The molecular weight excluding hydrogens is 299 g/mol. The molecule has 0 unspecified atom stereocenters. The quantitative estimate of drug-likeness (QED) is 0.661. The van der Waals surface area contributed by atoms with Crippen LogP contribution in [0.3, 0.4) is 0 Å². The Morgan fingerprint density at radius 2 is 1.89 bits per heavy atom. The summed E-state index contributed by atoms with van der Waals surface area (Å²) in [5.41, 5.74) is 2.71. The van der Waals surface area contributed by atoms with Gasteiger partial charge in [-0.25, -0.2) is 4.98 Å². The maximum atomic E-state index is 6.21. The van der Waals surface area contributed by atoms with Crippen molar-refractivity contribution < 1.29 is 0 Å². The van der Waals surface area contributed by atoms with Gasteiger partial charge in [0.2, 0.25) is 0 Å². The third kappa shape index (κ3) is 2.54. The lowest BCUT2D eigenvalue weighted by Gasteiger charge is -2.07. The Labute approximate surface area is 125 Å². The van der Waals surface area contributed by atoms with Gasteiger partial charge in [-0.3, -0.25) is 0 Å². The van der Waals surface area contributed by atoms with E-state index < -0.39 is 0 Å². The van der Waals surface area contributed by atoms with Gasteiger partial charge >= 0.3 is 0 Å². The molecule has 5 heteroatoms. The first kappa shape index (κ1) is 12.7. The third-order valence-electron chi connectivity index (χ3n) is 2.78. The lowest BCUT2D eigenvalue weighted by atomic mass is 10.2. The molecule has 0 fully saturated rings. The third-order valence-corrected chi connectivity index (χ3v) is 4.46.